The molecule has 0 amide bonds. The van der Waals surface area contributed by atoms with Crippen LogP contribution in [0.4, 0.5) is 4.39 Å². The Balaban J connectivity index is 1.94. The predicted molar refractivity (Wildman–Crippen MR) is 99.8 cm³/mol. The lowest BCUT2D eigenvalue weighted by atomic mass is 10.1. The van der Waals surface area contributed by atoms with Gasteiger partial charge in [0, 0.05) is 42.8 Å². The van der Waals surface area contributed by atoms with Gasteiger partial charge < -0.3 is 9.30 Å². The Kier molecular flexibility index (Phi) is 4.23. The number of fused-ring (bicyclic) bond motifs is 1. The van der Waals surface area contributed by atoms with Crippen LogP contribution in [0.2, 0.25) is 0 Å². The summed E-state index contributed by atoms with van der Waals surface area (Å²) in [6.45, 7) is 1.87. The first-order chi connectivity index (χ1) is 13.1. The van der Waals surface area contributed by atoms with Crippen molar-refractivity contribution in [3.63, 3.8) is 0 Å². The highest BCUT2D eigenvalue weighted by molar-refractivity contribution is 5.91. The molecule has 4 aromatic rings. The van der Waals surface area contributed by atoms with Crippen molar-refractivity contribution in [3.05, 3.63) is 59.5 Å². The fourth-order valence-electron chi connectivity index (χ4n) is 3.11. The lowest BCUT2D eigenvalue weighted by Gasteiger charge is -2.11. The maximum Gasteiger partial charge on any atom is 0.283 e. The third-order valence-corrected chi connectivity index (χ3v) is 4.48. The SMILES string of the molecule is CCn1cc(-c2cn(-c3ccc(OCF)cc3)c(=O)c3ncn(C)c23)cn1. The van der Waals surface area contributed by atoms with E-state index in [9.17, 15) is 9.18 Å². The van der Waals surface area contributed by atoms with Crippen LogP contribution in [0.25, 0.3) is 27.8 Å². The van der Waals surface area contributed by atoms with E-state index in [1.807, 2.05) is 29.4 Å². The molecule has 4 rings (SSSR count). The van der Waals surface area contributed by atoms with E-state index in [0.717, 1.165) is 23.2 Å². The molecular formula is C19H18FN5O2. The summed E-state index contributed by atoms with van der Waals surface area (Å²) in [7, 11) is 1.86. The van der Waals surface area contributed by atoms with Gasteiger partial charge in [0.25, 0.3) is 5.56 Å². The largest absolute Gasteiger partial charge is 0.463 e. The molecule has 0 fully saturated rings. The zero-order valence-electron chi connectivity index (χ0n) is 15.0. The van der Waals surface area contributed by atoms with Crippen molar-refractivity contribution in [1.29, 1.82) is 0 Å². The number of benzene rings is 1. The molecule has 0 aliphatic heterocycles. The number of aromatic nitrogens is 5. The third kappa shape index (κ3) is 2.88. The maximum absolute atomic E-state index is 13.0. The van der Waals surface area contributed by atoms with Crippen molar-refractivity contribution in [2.75, 3.05) is 6.86 Å². The van der Waals surface area contributed by atoms with Gasteiger partial charge in [0.2, 0.25) is 6.86 Å². The number of rotatable bonds is 5. The number of aryl methyl sites for hydroxylation is 2. The molecule has 1 aromatic carbocycles. The van der Waals surface area contributed by atoms with E-state index in [0.29, 0.717) is 17.0 Å². The number of alkyl halides is 1. The van der Waals surface area contributed by atoms with Crippen LogP contribution in [0.15, 0.2) is 54.0 Å². The van der Waals surface area contributed by atoms with Crippen molar-refractivity contribution in [1.82, 2.24) is 23.9 Å². The van der Waals surface area contributed by atoms with Crippen LogP contribution in [0.1, 0.15) is 6.92 Å². The Morgan fingerprint density at radius 3 is 2.63 bits per heavy atom. The van der Waals surface area contributed by atoms with Crippen LogP contribution < -0.4 is 10.3 Å². The molecule has 0 N–H and O–H groups in total. The summed E-state index contributed by atoms with van der Waals surface area (Å²) >= 11 is 0. The Morgan fingerprint density at radius 2 is 1.96 bits per heavy atom. The van der Waals surface area contributed by atoms with Gasteiger partial charge in [-0.05, 0) is 31.2 Å². The summed E-state index contributed by atoms with van der Waals surface area (Å²) in [4.78, 5) is 17.3. The highest BCUT2D eigenvalue weighted by Crippen LogP contribution is 2.27. The van der Waals surface area contributed by atoms with Crippen molar-refractivity contribution in [2.45, 2.75) is 13.5 Å². The molecule has 0 aliphatic carbocycles. The number of nitrogens with zero attached hydrogens (tertiary/aromatic N) is 5. The molecular weight excluding hydrogens is 349 g/mol. The summed E-state index contributed by atoms with van der Waals surface area (Å²) in [6.07, 6.45) is 7.13. The van der Waals surface area contributed by atoms with Gasteiger partial charge in [-0.15, -0.1) is 0 Å². The second-order valence-electron chi connectivity index (χ2n) is 6.10. The fraction of sp³-hybridized carbons (Fsp3) is 0.211. The molecule has 0 saturated carbocycles. The van der Waals surface area contributed by atoms with Crippen molar-refractivity contribution in [3.8, 4) is 22.6 Å². The van der Waals surface area contributed by atoms with Gasteiger partial charge in [-0.2, -0.15) is 5.10 Å². The van der Waals surface area contributed by atoms with Gasteiger partial charge in [0.15, 0.2) is 5.52 Å². The van der Waals surface area contributed by atoms with Crippen LogP contribution in [0, 0.1) is 0 Å². The summed E-state index contributed by atoms with van der Waals surface area (Å²) in [5, 5.41) is 4.34. The molecule has 0 bridgehead atoms. The molecule has 0 unspecified atom stereocenters. The van der Waals surface area contributed by atoms with Crippen LogP contribution in [-0.2, 0) is 13.6 Å². The zero-order chi connectivity index (χ0) is 19.0. The summed E-state index contributed by atoms with van der Waals surface area (Å²) < 4.78 is 22.3. The van der Waals surface area contributed by atoms with Crippen molar-refractivity contribution < 1.29 is 9.13 Å². The molecule has 0 saturated heterocycles. The molecule has 0 radical (unpaired) electrons. The monoisotopic (exact) mass is 367 g/mol. The van der Waals surface area contributed by atoms with Gasteiger partial charge in [-0.3, -0.25) is 14.0 Å². The first-order valence-electron chi connectivity index (χ1n) is 8.51. The van der Waals surface area contributed by atoms with Crippen LogP contribution in [0.3, 0.4) is 0 Å². The summed E-state index contributed by atoms with van der Waals surface area (Å²) in [6, 6.07) is 6.67. The number of ether oxygens (including phenoxy) is 1. The van der Waals surface area contributed by atoms with Gasteiger partial charge >= 0.3 is 0 Å². The fourth-order valence-corrected chi connectivity index (χ4v) is 3.11. The average Bonchev–Trinajstić information content (AvgIpc) is 3.31. The summed E-state index contributed by atoms with van der Waals surface area (Å²) in [5.74, 6) is 0.401. The normalized spacial score (nSPS) is 11.2. The van der Waals surface area contributed by atoms with Gasteiger partial charge in [-0.1, -0.05) is 0 Å². The zero-order valence-corrected chi connectivity index (χ0v) is 15.0. The number of pyridine rings is 1. The first kappa shape index (κ1) is 17.0. The maximum atomic E-state index is 13.0. The van der Waals surface area contributed by atoms with Crippen LogP contribution >= 0.6 is 0 Å². The quantitative estimate of drug-likeness (QED) is 0.544. The first-order valence-corrected chi connectivity index (χ1v) is 8.51. The van der Waals surface area contributed by atoms with Gasteiger partial charge in [-0.25, -0.2) is 9.37 Å². The lowest BCUT2D eigenvalue weighted by Crippen LogP contribution is -2.19. The second-order valence-corrected chi connectivity index (χ2v) is 6.10. The minimum atomic E-state index is -0.898. The van der Waals surface area contributed by atoms with Crippen molar-refractivity contribution >= 4 is 11.0 Å². The van der Waals surface area contributed by atoms with Gasteiger partial charge in [0.1, 0.15) is 5.75 Å². The minimum Gasteiger partial charge on any atom is -0.463 e. The number of hydrogen-bond acceptors (Lipinski definition) is 4. The lowest BCUT2D eigenvalue weighted by molar-refractivity contribution is 0.192. The molecule has 8 heteroatoms. The van der Waals surface area contributed by atoms with E-state index in [-0.39, 0.29) is 5.56 Å². The Labute approximate surface area is 154 Å². The topological polar surface area (TPSA) is 66.9 Å². The molecule has 3 aromatic heterocycles. The Morgan fingerprint density at radius 1 is 1.19 bits per heavy atom. The predicted octanol–water partition coefficient (Wildman–Crippen LogP) is 2.91. The number of halogens is 1. The highest BCUT2D eigenvalue weighted by Gasteiger charge is 2.16. The number of hydrogen-bond donors (Lipinski definition) is 0. The number of imidazole rings is 1. The minimum absolute atomic E-state index is 0.226. The molecule has 138 valence electrons. The van der Waals surface area contributed by atoms with E-state index >= 15 is 0 Å². The van der Waals surface area contributed by atoms with Crippen LogP contribution in [-0.4, -0.2) is 30.8 Å². The smallest absolute Gasteiger partial charge is 0.283 e. The standard InChI is InChI=1S/C19H18FN5O2/c1-3-24-9-13(8-22-24)16-10-25(14-4-6-15(7-5-14)27-11-20)19(26)17-18(16)23(2)12-21-17/h4-10,12H,3,11H2,1-2H3. The van der Waals surface area contributed by atoms with E-state index in [1.54, 1.807) is 43.0 Å². The summed E-state index contributed by atoms with van der Waals surface area (Å²) in [5.41, 5.74) is 3.30. The molecule has 7 nitrogen and oxygen atoms in total. The van der Waals surface area contributed by atoms with E-state index in [2.05, 4.69) is 10.1 Å². The Hall–Kier alpha value is -3.42. The molecule has 0 atom stereocenters. The second kappa shape index (κ2) is 6.71. The van der Waals surface area contributed by atoms with Crippen molar-refractivity contribution in [2.24, 2.45) is 7.05 Å². The molecule has 3 heterocycles. The molecule has 27 heavy (non-hydrogen) atoms. The highest BCUT2D eigenvalue weighted by atomic mass is 19.1. The van der Waals surface area contributed by atoms with E-state index < -0.39 is 6.86 Å². The average molecular weight is 367 g/mol. The van der Waals surface area contributed by atoms with E-state index in [4.69, 9.17) is 4.74 Å². The third-order valence-electron chi connectivity index (χ3n) is 4.48. The van der Waals surface area contributed by atoms with E-state index in [1.165, 1.54) is 4.57 Å². The molecule has 0 aliphatic rings. The van der Waals surface area contributed by atoms with Gasteiger partial charge in [0.05, 0.1) is 18.0 Å². The Bertz CT molecular complexity index is 1160. The van der Waals surface area contributed by atoms with Crippen LogP contribution in [0.5, 0.6) is 5.75 Å². The molecule has 0 spiro atoms.